The molecule has 3 aromatic rings. The summed E-state index contributed by atoms with van der Waals surface area (Å²) in [6, 6.07) is 3.08. The molecule has 0 amide bonds. The molecule has 0 saturated carbocycles. The van der Waals surface area contributed by atoms with Crippen LogP contribution in [0.2, 0.25) is 0 Å². The molecular formula is C14H12BrClFN3O. The summed E-state index contributed by atoms with van der Waals surface area (Å²) >= 11 is 9.11. The third-order valence-electron chi connectivity index (χ3n) is 3.23. The number of nitrogens with zero attached hydrogens (tertiary/aromatic N) is 3. The van der Waals surface area contributed by atoms with E-state index in [1.165, 1.54) is 6.07 Å². The van der Waals surface area contributed by atoms with Gasteiger partial charge in [-0.15, -0.1) is 11.6 Å². The Labute approximate surface area is 134 Å². The van der Waals surface area contributed by atoms with Crippen LogP contribution in [0.5, 0.6) is 0 Å². The molecule has 2 aromatic heterocycles. The number of halogens is 3. The predicted octanol–water partition coefficient (Wildman–Crippen LogP) is 4.28. The minimum absolute atomic E-state index is 0.231. The smallest absolute Gasteiger partial charge is 0.214 e. The molecule has 0 radical (unpaired) electrons. The first-order chi connectivity index (χ1) is 10.1. The molecule has 2 heterocycles. The van der Waals surface area contributed by atoms with Crippen LogP contribution in [0.15, 0.2) is 27.2 Å². The lowest BCUT2D eigenvalue weighted by molar-refractivity contribution is 0.446. The van der Waals surface area contributed by atoms with Gasteiger partial charge in [0.25, 0.3) is 0 Å². The molecule has 110 valence electrons. The van der Waals surface area contributed by atoms with Gasteiger partial charge in [0.2, 0.25) is 5.89 Å². The van der Waals surface area contributed by atoms with Crippen LogP contribution >= 0.6 is 27.5 Å². The van der Waals surface area contributed by atoms with Gasteiger partial charge in [0.05, 0.1) is 27.6 Å². The Morgan fingerprint density at radius 3 is 2.90 bits per heavy atom. The predicted molar refractivity (Wildman–Crippen MR) is 81.9 cm³/mol. The van der Waals surface area contributed by atoms with Crippen molar-refractivity contribution in [2.45, 2.75) is 25.8 Å². The fourth-order valence-corrected chi connectivity index (χ4v) is 2.70. The second-order valence-electron chi connectivity index (χ2n) is 4.58. The van der Waals surface area contributed by atoms with Crippen LogP contribution in [0.4, 0.5) is 4.39 Å². The number of rotatable bonds is 4. The van der Waals surface area contributed by atoms with E-state index in [1.807, 2.05) is 11.5 Å². The van der Waals surface area contributed by atoms with Crippen molar-refractivity contribution in [1.29, 1.82) is 0 Å². The zero-order valence-electron chi connectivity index (χ0n) is 11.2. The number of hydrogen-bond acceptors (Lipinski definition) is 3. The topological polar surface area (TPSA) is 43.9 Å². The fraction of sp³-hybridized carbons (Fsp3) is 0.286. The molecular weight excluding hydrogens is 361 g/mol. The van der Waals surface area contributed by atoms with Crippen LogP contribution in [0.1, 0.15) is 24.4 Å². The van der Waals surface area contributed by atoms with Gasteiger partial charge in [0, 0.05) is 12.5 Å². The van der Waals surface area contributed by atoms with Gasteiger partial charge >= 0.3 is 0 Å². The standard InChI is InChI=1S/C14H12BrClFN3O/c1-2-8-6-18-14(21-8)7-20-12-4-10(17)9(15)3-11(12)19-13(20)5-16/h3-4,6H,2,5,7H2,1H3. The summed E-state index contributed by atoms with van der Waals surface area (Å²) < 4.78 is 21.6. The van der Waals surface area contributed by atoms with E-state index >= 15 is 0 Å². The van der Waals surface area contributed by atoms with Crippen molar-refractivity contribution >= 4 is 38.6 Å². The number of fused-ring (bicyclic) bond motifs is 1. The van der Waals surface area contributed by atoms with E-state index in [0.29, 0.717) is 33.8 Å². The molecule has 0 bridgehead atoms. The van der Waals surface area contributed by atoms with E-state index in [1.54, 1.807) is 12.3 Å². The minimum Gasteiger partial charge on any atom is -0.444 e. The highest BCUT2D eigenvalue weighted by Crippen LogP contribution is 2.25. The summed E-state index contributed by atoms with van der Waals surface area (Å²) in [7, 11) is 0. The lowest BCUT2D eigenvalue weighted by Gasteiger charge is -2.05. The third kappa shape index (κ3) is 2.70. The molecule has 0 saturated heterocycles. The average Bonchev–Trinajstić information content (AvgIpc) is 3.05. The number of oxazole rings is 1. The van der Waals surface area contributed by atoms with Gasteiger partial charge in [-0.2, -0.15) is 0 Å². The molecule has 1 aromatic carbocycles. The molecule has 0 aliphatic carbocycles. The Morgan fingerprint density at radius 2 is 2.24 bits per heavy atom. The molecule has 0 aliphatic heterocycles. The van der Waals surface area contributed by atoms with Gasteiger partial charge in [-0.25, -0.2) is 14.4 Å². The summed E-state index contributed by atoms with van der Waals surface area (Å²) in [5, 5.41) is 0. The molecule has 0 spiro atoms. The van der Waals surface area contributed by atoms with E-state index in [9.17, 15) is 4.39 Å². The Bertz CT molecular complexity index is 799. The van der Waals surface area contributed by atoms with Crippen LogP contribution in [0.3, 0.4) is 0 Å². The molecule has 0 atom stereocenters. The first kappa shape index (κ1) is 14.5. The number of aromatic nitrogens is 3. The maximum atomic E-state index is 13.8. The summed E-state index contributed by atoms with van der Waals surface area (Å²) in [6.07, 6.45) is 2.48. The summed E-state index contributed by atoms with van der Waals surface area (Å²) in [6.45, 7) is 2.37. The summed E-state index contributed by atoms with van der Waals surface area (Å²) in [4.78, 5) is 8.64. The van der Waals surface area contributed by atoms with Crippen molar-refractivity contribution in [3.05, 3.63) is 46.1 Å². The van der Waals surface area contributed by atoms with Crippen LogP contribution < -0.4 is 0 Å². The number of imidazole rings is 1. The SMILES string of the molecule is CCc1cnc(Cn2c(CCl)nc3cc(Br)c(F)cc32)o1. The van der Waals surface area contributed by atoms with Gasteiger partial charge in [-0.05, 0) is 22.0 Å². The van der Waals surface area contributed by atoms with E-state index in [2.05, 4.69) is 25.9 Å². The lowest BCUT2D eigenvalue weighted by Crippen LogP contribution is -2.04. The van der Waals surface area contributed by atoms with Gasteiger partial charge in [0.15, 0.2) is 0 Å². The van der Waals surface area contributed by atoms with Crippen molar-refractivity contribution < 1.29 is 8.81 Å². The van der Waals surface area contributed by atoms with Crippen molar-refractivity contribution in [2.24, 2.45) is 0 Å². The molecule has 3 rings (SSSR count). The highest BCUT2D eigenvalue weighted by molar-refractivity contribution is 9.10. The maximum absolute atomic E-state index is 13.8. The molecule has 0 unspecified atom stereocenters. The Balaban J connectivity index is 2.09. The van der Waals surface area contributed by atoms with Crippen molar-refractivity contribution in [1.82, 2.24) is 14.5 Å². The monoisotopic (exact) mass is 371 g/mol. The highest BCUT2D eigenvalue weighted by atomic mass is 79.9. The second-order valence-corrected chi connectivity index (χ2v) is 5.70. The van der Waals surface area contributed by atoms with Gasteiger partial charge in [-0.3, -0.25) is 0 Å². The lowest BCUT2D eigenvalue weighted by atomic mass is 10.3. The Hall–Kier alpha value is -1.40. The van der Waals surface area contributed by atoms with Crippen molar-refractivity contribution in [3.63, 3.8) is 0 Å². The highest BCUT2D eigenvalue weighted by Gasteiger charge is 2.15. The first-order valence-corrected chi connectivity index (χ1v) is 7.78. The zero-order chi connectivity index (χ0) is 15.0. The summed E-state index contributed by atoms with van der Waals surface area (Å²) in [5.41, 5.74) is 1.35. The van der Waals surface area contributed by atoms with Crippen LogP contribution in [-0.2, 0) is 18.8 Å². The summed E-state index contributed by atoms with van der Waals surface area (Å²) in [5.74, 6) is 1.92. The van der Waals surface area contributed by atoms with Gasteiger partial charge in [0.1, 0.15) is 23.9 Å². The molecule has 4 nitrogen and oxygen atoms in total. The van der Waals surface area contributed by atoms with Crippen molar-refractivity contribution in [2.75, 3.05) is 0 Å². The zero-order valence-corrected chi connectivity index (χ0v) is 13.6. The van der Waals surface area contributed by atoms with Gasteiger partial charge < -0.3 is 8.98 Å². The number of hydrogen-bond donors (Lipinski definition) is 0. The first-order valence-electron chi connectivity index (χ1n) is 6.46. The quantitative estimate of drug-likeness (QED) is 0.642. The maximum Gasteiger partial charge on any atom is 0.214 e. The second kappa shape index (κ2) is 5.77. The number of benzene rings is 1. The van der Waals surface area contributed by atoms with E-state index in [-0.39, 0.29) is 11.7 Å². The van der Waals surface area contributed by atoms with Crippen LogP contribution in [0, 0.1) is 5.82 Å². The van der Waals surface area contributed by atoms with Crippen molar-refractivity contribution in [3.8, 4) is 0 Å². The molecule has 0 N–H and O–H groups in total. The Morgan fingerprint density at radius 1 is 1.43 bits per heavy atom. The minimum atomic E-state index is -0.341. The van der Waals surface area contributed by atoms with Crippen LogP contribution in [-0.4, -0.2) is 14.5 Å². The van der Waals surface area contributed by atoms with E-state index < -0.39 is 0 Å². The molecule has 0 fully saturated rings. The number of aryl methyl sites for hydroxylation is 1. The van der Waals surface area contributed by atoms with E-state index in [4.69, 9.17) is 16.0 Å². The Kier molecular flexibility index (Phi) is 3.99. The normalized spacial score (nSPS) is 11.4. The largest absolute Gasteiger partial charge is 0.444 e. The molecule has 21 heavy (non-hydrogen) atoms. The third-order valence-corrected chi connectivity index (χ3v) is 4.08. The molecule has 0 aliphatic rings. The fourth-order valence-electron chi connectivity index (χ4n) is 2.17. The van der Waals surface area contributed by atoms with E-state index in [0.717, 1.165) is 12.2 Å². The average molecular weight is 373 g/mol. The number of alkyl halides is 1. The van der Waals surface area contributed by atoms with Crippen LogP contribution in [0.25, 0.3) is 11.0 Å². The van der Waals surface area contributed by atoms with Gasteiger partial charge in [-0.1, -0.05) is 6.92 Å². The molecule has 7 heteroatoms.